The van der Waals surface area contributed by atoms with Crippen LogP contribution in [0, 0.1) is 0 Å². The number of nitrogens with one attached hydrogen (secondary N) is 1. The highest BCUT2D eigenvalue weighted by Gasteiger charge is 2.35. The number of anilines is 1. The summed E-state index contributed by atoms with van der Waals surface area (Å²) < 4.78 is 11.6. The molecule has 22 heavy (non-hydrogen) atoms. The van der Waals surface area contributed by atoms with Crippen molar-refractivity contribution in [1.29, 1.82) is 0 Å². The van der Waals surface area contributed by atoms with E-state index in [4.69, 9.17) is 0 Å². The number of rotatable bonds is 4. The standard InChI is InChI=1S/C16H24N2O2S2/c1-4-21-11-13-6-5-7-14(10-13)17-15(19)18-8-9-22(20)16(2,3)12-18/h5-7,10H,4,8-9,11-12H2,1-3H3,(H,17,19)/t22-/m0/s1. The van der Waals surface area contributed by atoms with Crippen molar-refractivity contribution in [3.05, 3.63) is 29.8 Å². The molecule has 0 aromatic heterocycles. The Morgan fingerprint density at radius 1 is 1.45 bits per heavy atom. The van der Waals surface area contributed by atoms with Gasteiger partial charge in [0.25, 0.3) is 0 Å². The van der Waals surface area contributed by atoms with Gasteiger partial charge in [0.2, 0.25) is 0 Å². The van der Waals surface area contributed by atoms with Crippen LogP contribution in [-0.2, 0) is 16.6 Å². The smallest absolute Gasteiger partial charge is 0.321 e. The third-order valence-corrected chi connectivity index (χ3v) is 6.53. The van der Waals surface area contributed by atoms with Gasteiger partial charge in [-0.25, -0.2) is 4.79 Å². The summed E-state index contributed by atoms with van der Waals surface area (Å²) >= 11 is 1.86. The normalized spacial score (nSPS) is 20.7. The molecule has 6 heteroatoms. The Labute approximate surface area is 139 Å². The second-order valence-electron chi connectivity index (χ2n) is 6.00. The Bertz CT molecular complexity index is 561. The van der Waals surface area contributed by atoms with E-state index in [0.29, 0.717) is 18.8 Å². The fraction of sp³-hybridized carbons (Fsp3) is 0.562. The summed E-state index contributed by atoms with van der Waals surface area (Å²) in [6, 6.07) is 7.87. The minimum absolute atomic E-state index is 0.106. The number of amides is 2. The van der Waals surface area contributed by atoms with Crippen LogP contribution in [-0.4, -0.2) is 44.5 Å². The van der Waals surface area contributed by atoms with Gasteiger partial charge in [0.1, 0.15) is 0 Å². The predicted molar refractivity (Wildman–Crippen MR) is 96.0 cm³/mol. The molecule has 1 heterocycles. The number of urea groups is 1. The molecule has 0 saturated carbocycles. The average molecular weight is 341 g/mol. The molecule has 1 aromatic carbocycles. The van der Waals surface area contributed by atoms with Crippen LogP contribution in [0.2, 0.25) is 0 Å². The number of thioether (sulfide) groups is 1. The molecule has 0 bridgehead atoms. The van der Waals surface area contributed by atoms with E-state index in [2.05, 4.69) is 18.3 Å². The predicted octanol–water partition coefficient (Wildman–Crippen LogP) is 3.31. The molecule has 1 fully saturated rings. The fourth-order valence-corrected chi connectivity index (χ4v) is 4.27. The maximum Gasteiger partial charge on any atom is 0.321 e. The van der Waals surface area contributed by atoms with Gasteiger partial charge in [-0.3, -0.25) is 4.21 Å². The summed E-state index contributed by atoms with van der Waals surface area (Å²) in [5.41, 5.74) is 2.04. The molecule has 2 amide bonds. The molecule has 1 aromatic rings. The van der Waals surface area contributed by atoms with E-state index < -0.39 is 10.8 Å². The minimum Gasteiger partial charge on any atom is -0.322 e. The van der Waals surface area contributed by atoms with Crippen molar-refractivity contribution in [2.24, 2.45) is 0 Å². The summed E-state index contributed by atoms with van der Waals surface area (Å²) in [6.45, 7) is 7.11. The van der Waals surface area contributed by atoms with E-state index >= 15 is 0 Å². The second kappa shape index (κ2) is 7.51. The van der Waals surface area contributed by atoms with Crippen LogP contribution in [0.4, 0.5) is 10.5 Å². The van der Waals surface area contributed by atoms with Crippen molar-refractivity contribution < 1.29 is 9.00 Å². The first-order valence-electron chi connectivity index (χ1n) is 7.53. The van der Waals surface area contributed by atoms with Crippen LogP contribution >= 0.6 is 11.8 Å². The van der Waals surface area contributed by atoms with Crippen LogP contribution in [0.3, 0.4) is 0 Å². The van der Waals surface area contributed by atoms with Gasteiger partial charge in [0.15, 0.2) is 0 Å². The van der Waals surface area contributed by atoms with Gasteiger partial charge in [-0.15, -0.1) is 0 Å². The molecule has 1 aliphatic rings. The van der Waals surface area contributed by atoms with E-state index in [9.17, 15) is 9.00 Å². The van der Waals surface area contributed by atoms with E-state index in [0.717, 1.165) is 17.2 Å². The molecule has 1 N–H and O–H groups in total. The Morgan fingerprint density at radius 3 is 2.91 bits per heavy atom. The van der Waals surface area contributed by atoms with Crippen molar-refractivity contribution in [2.75, 3.05) is 29.9 Å². The monoisotopic (exact) mass is 340 g/mol. The Morgan fingerprint density at radius 2 is 2.23 bits per heavy atom. The molecule has 2 rings (SSSR count). The number of hydrogen-bond donors (Lipinski definition) is 1. The number of hydrogen-bond acceptors (Lipinski definition) is 3. The minimum atomic E-state index is -0.866. The number of benzene rings is 1. The maximum atomic E-state index is 12.4. The van der Waals surface area contributed by atoms with E-state index in [1.165, 1.54) is 5.56 Å². The first kappa shape index (κ1) is 17.3. The summed E-state index contributed by atoms with van der Waals surface area (Å²) in [5.74, 6) is 2.58. The molecule has 0 spiro atoms. The largest absolute Gasteiger partial charge is 0.322 e. The van der Waals surface area contributed by atoms with Gasteiger partial charge >= 0.3 is 6.03 Å². The highest BCUT2D eigenvalue weighted by atomic mass is 32.2. The zero-order valence-corrected chi connectivity index (χ0v) is 15.1. The molecule has 1 atom stereocenters. The highest BCUT2D eigenvalue weighted by molar-refractivity contribution is 7.98. The molecule has 4 nitrogen and oxygen atoms in total. The van der Waals surface area contributed by atoms with Gasteiger partial charge < -0.3 is 10.2 Å². The lowest BCUT2D eigenvalue weighted by Crippen LogP contribution is -2.53. The lowest BCUT2D eigenvalue weighted by atomic mass is 10.2. The molecule has 1 saturated heterocycles. The molecule has 0 aliphatic carbocycles. The van der Waals surface area contributed by atoms with Gasteiger partial charge in [0.05, 0.1) is 4.75 Å². The zero-order valence-electron chi connectivity index (χ0n) is 13.4. The van der Waals surface area contributed by atoms with Crippen LogP contribution < -0.4 is 5.32 Å². The van der Waals surface area contributed by atoms with Gasteiger partial charge in [-0.05, 0) is 37.3 Å². The van der Waals surface area contributed by atoms with Crippen LogP contribution in [0.1, 0.15) is 26.3 Å². The van der Waals surface area contributed by atoms with E-state index in [1.54, 1.807) is 4.90 Å². The SMILES string of the molecule is CCSCc1cccc(NC(=O)N2CC[S@](=O)C(C)(C)C2)c1. The second-order valence-corrected chi connectivity index (χ2v) is 9.48. The first-order valence-corrected chi connectivity index (χ1v) is 10.0. The molecule has 0 unspecified atom stereocenters. The van der Waals surface area contributed by atoms with Gasteiger partial charge in [0, 0.05) is 41.1 Å². The maximum absolute atomic E-state index is 12.4. The van der Waals surface area contributed by atoms with Crippen molar-refractivity contribution in [2.45, 2.75) is 31.3 Å². The Hall–Kier alpha value is -1.01. The first-order chi connectivity index (χ1) is 10.4. The Kier molecular flexibility index (Phi) is 5.92. The third-order valence-electron chi connectivity index (χ3n) is 3.67. The summed E-state index contributed by atoms with van der Waals surface area (Å²) in [4.78, 5) is 14.2. The number of carbonyl (C=O) groups is 1. The van der Waals surface area contributed by atoms with Crippen molar-refractivity contribution >= 4 is 34.3 Å². The van der Waals surface area contributed by atoms with Crippen molar-refractivity contribution in [3.63, 3.8) is 0 Å². The van der Waals surface area contributed by atoms with E-state index in [-0.39, 0.29) is 10.8 Å². The average Bonchev–Trinajstić information content (AvgIpc) is 2.48. The van der Waals surface area contributed by atoms with Gasteiger partial charge in [-0.1, -0.05) is 19.1 Å². The summed E-state index contributed by atoms with van der Waals surface area (Å²) in [6.07, 6.45) is 0. The number of nitrogens with zero attached hydrogens (tertiary/aromatic N) is 1. The van der Waals surface area contributed by atoms with Crippen molar-refractivity contribution in [1.82, 2.24) is 4.90 Å². The summed E-state index contributed by atoms with van der Waals surface area (Å²) in [7, 11) is -0.866. The molecular formula is C16H24N2O2S2. The van der Waals surface area contributed by atoms with E-state index in [1.807, 2.05) is 43.8 Å². The molecule has 0 radical (unpaired) electrons. The van der Waals surface area contributed by atoms with Crippen LogP contribution in [0.25, 0.3) is 0 Å². The lowest BCUT2D eigenvalue weighted by Gasteiger charge is -2.37. The van der Waals surface area contributed by atoms with Gasteiger partial charge in [-0.2, -0.15) is 11.8 Å². The third kappa shape index (κ3) is 4.49. The highest BCUT2D eigenvalue weighted by Crippen LogP contribution is 2.21. The number of carbonyl (C=O) groups excluding carboxylic acids is 1. The van der Waals surface area contributed by atoms with Crippen molar-refractivity contribution in [3.8, 4) is 0 Å². The van der Waals surface area contributed by atoms with Crippen LogP contribution in [0.5, 0.6) is 0 Å². The summed E-state index contributed by atoms with van der Waals surface area (Å²) in [5, 5.41) is 2.96. The topological polar surface area (TPSA) is 49.4 Å². The fourth-order valence-electron chi connectivity index (χ4n) is 2.41. The lowest BCUT2D eigenvalue weighted by molar-refractivity contribution is 0.207. The zero-order chi connectivity index (χ0) is 16.2. The Balaban J connectivity index is 1.98. The molecular weight excluding hydrogens is 316 g/mol. The quantitative estimate of drug-likeness (QED) is 0.915. The molecule has 1 aliphatic heterocycles. The van der Waals surface area contributed by atoms with Crippen LogP contribution in [0.15, 0.2) is 24.3 Å². The molecule has 122 valence electrons.